The minimum atomic E-state index is 0.587. The maximum atomic E-state index is 5.57. The first-order valence-electron chi connectivity index (χ1n) is 6.72. The van der Waals surface area contributed by atoms with E-state index in [2.05, 4.69) is 15.9 Å². The molecule has 7 heteroatoms. The molecular formula is C14H20N3O3S+. The van der Waals surface area contributed by atoms with Crippen LogP contribution >= 0.6 is 11.8 Å². The summed E-state index contributed by atoms with van der Waals surface area (Å²) in [5.41, 5.74) is 4.90. The van der Waals surface area contributed by atoms with Gasteiger partial charge >= 0.3 is 0 Å². The van der Waals surface area contributed by atoms with Gasteiger partial charge in [0.1, 0.15) is 0 Å². The van der Waals surface area contributed by atoms with Gasteiger partial charge < -0.3 is 19.6 Å². The summed E-state index contributed by atoms with van der Waals surface area (Å²) in [6.45, 7) is 0.872. The Kier molecular flexibility index (Phi) is 5.89. The number of hydrogen-bond donors (Lipinski definition) is 1. The van der Waals surface area contributed by atoms with Gasteiger partial charge in [-0.05, 0) is 17.7 Å². The van der Waals surface area contributed by atoms with Gasteiger partial charge in [-0.15, -0.1) is 10.2 Å². The summed E-state index contributed by atoms with van der Waals surface area (Å²) in [5.74, 6) is 2.85. The zero-order valence-corrected chi connectivity index (χ0v) is 13.1. The lowest BCUT2D eigenvalue weighted by atomic mass is 10.2. The number of quaternary nitrogens is 1. The fourth-order valence-electron chi connectivity index (χ4n) is 1.79. The van der Waals surface area contributed by atoms with E-state index in [4.69, 9.17) is 13.9 Å². The van der Waals surface area contributed by atoms with E-state index in [1.165, 1.54) is 11.8 Å². The van der Waals surface area contributed by atoms with E-state index in [0.29, 0.717) is 11.1 Å². The normalized spacial score (nSPS) is 10.6. The van der Waals surface area contributed by atoms with Crippen molar-refractivity contribution in [2.45, 2.75) is 23.8 Å². The summed E-state index contributed by atoms with van der Waals surface area (Å²) >= 11 is 1.51. The van der Waals surface area contributed by atoms with Gasteiger partial charge in [-0.25, -0.2) is 0 Å². The fraction of sp³-hybridized carbons (Fsp3) is 0.429. The van der Waals surface area contributed by atoms with Crippen molar-refractivity contribution >= 4 is 11.8 Å². The molecule has 3 N–H and O–H groups in total. The topological polar surface area (TPSA) is 85.0 Å². The van der Waals surface area contributed by atoms with E-state index >= 15 is 0 Å². The Labute approximate surface area is 128 Å². The van der Waals surface area contributed by atoms with Crippen molar-refractivity contribution in [1.29, 1.82) is 0 Å². The molecular weight excluding hydrogens is 290 g/mol. The highest BCUT2D eigenvalue weighted by molar-refractivity contribution is 7.98. The molecule has 0 atom stereocenters. The molecule has 1 heterocycles. The Morgan fingerprint density at radius 3 is 2.71 bits per heavy atom. The number of aromatic nitrogens is 2. The van der Waals surface area contributed by atoms with Crippen LogP contribution in [0.4, 0.5) is 0 Å². The van der Waals surface area contributed by atoms with Crippen LogP contribution < -0.4 is 15.2 Å². The number of thioether (sulfide) groups is 1. The van der Waals surface area contributed by atoms with Gasteiger partial charge in [0.2, 0.25) is 5.89 Å². The standard InChI is InChI=1S/C14H19N3O3S/c1-18-11-6-5-10(8-12(11)19-2)9-21-14-17-16-13(20-14)4-3-7-15/h5-6,8H,3-4,7,9,15H2,1-2H3/p+1. The quantitative estimate of drug-likeness (QED) is 0.745. The van der Waals surface area contributed by atoms with Gasteiger partial charge in [0.15, 0.2) is 11.5 Å². The van der Waals surface area contributed by atoms with Crippen molar-refractivity contribution in [3.05, 3.63) is 29.7 Å². The summed E-state index contributed by atoms with van der Waals surface area (Å²) in [7, 11) is 3.25. The third-order valence-electron chi connectivity index (χ3n) is 2.90. The van der Waals surface area contributed by atoms with E-state index in [1.54, 1.807) is 14.2 Å². The molecule has 0 bridgehead atoms. The molecule has 0 unspecified atom stereocenters. The van der Waals surface area contributed by atoms with Gasteiger partial charge in [-0.3, -0.25) is 0 Å². The largest absolute Gasteiger partial charge is 0.493 e. The van der Waals surface area contributed by atoms with Crippen LogP contribution in [0, 0.1) is 0 Å². The maximum absolute atomic E-state index is 5.57. The number of ether oxygens (including phenoxy) is 2. The van der Waals surface area contributed by atoms with Crippen LogP contribution in [0.5, 0.6) is 11.5 Å². The van der Waals surface area contributed by atoms with Crippen molar-refractivity contribution < 1.29 is 19.6 Å². The minimum Gasteiger partial charge on any atom is -0.493 e. The average molecular weight is 310 g/mol. The second kappa shape index (κ2) is 7.90. The minimum absolute atomic E-state index is 0.587. The lowest BCUT2D eigenvalue weighted by Crippen LogP contribution is -2.50. The van der Waals surface area contributed by atoms with Gasteiger partial charge in [0.05, 0.1) is 20.8 Å². The second-order valence-corrected chi connectivity index (χ2v) is 5.32. The zero-order chi connectivity index (χ0) is 15.1. The highest BCUT2D eigenvalue weighted by Crippen LogP contribution is 2.30. The summed E-state index contributed by atoms with van der Waals surface area (Å²) < 4.78 is 16.1. The van der Waals surface area contributed by atoms with Crippen LogP contribution in [0.2, 0.25) is 0 Å². The predicted octanol–water partition coefficient (Wildman–Crippen LogP) is 1.55. The van der Waals surface area contributed by atoms with Gasteiger partial charge in [-0.2, -0.15) is 0 Å². The van der Waals surface area contributed by atoms with E-state index in [1.807, 2.05) is 18.2 Å². The molecule has 0 fully saturated rings. The molecule has 2 aromatic rings. The van der Waals surface area contributed by atoms with Crippen molar-refractivity contribution in [1.82, 2.24) is 10.2 Å². The van der Waals surface area contributed by atoms with Crippen LogP contribution in [0.1, 0.15) is 17.9 Å². The Balaban J connectivity index is 1.94. The van der Waals surface area contributed by atoms with Crippen molar-refractivity contribution in [2.24, 2.45) is 0 Å². The van der Waals surface area contributed by atoms with E-state index < -0.39 is 0 Å². The third kappa shape index (κ3) is 4.37. The van der Waals surface area contributed by atoms with Crippen LogP contribution in [0.25, 0.3) is 0 Å². The third-order valence-corrected chi connectivity index (χ3v) is 3.79. The first-order valence-corrected chi connectivity index (χ1v) is 7.70. The Bertz CT molecular complexity index is 574. The molecule has 0 aliphatic carbocycles. The lowest BCUT2D eigenvalue weighted by Gasteiger charge is -2.08. The molecule has 1 aromatic carbocycles. The highest BCUT2D eigenvalue weighted by atomic mass is 32.2. The van der Waals surface area contributed by atoms with E-state index in [0.717, 1.165) is 42.2 Å². The summed E-state index contributed by atoms with van der Waals surface area (Å²) in [6, 6.07) is 5.84. The number of rotatable bonds is 8. The fourth-order valence-corrected chi connectivity index (χ4v) is 2.51. The molecule has 0 radical (unpaired) electrons. The Morgan fingerprint density at radius 2 is 2.00 bits per heavy atom. The molecule has 0 aliphatic rings. The molecule has 0 amide bonds. The lowest BCUT2D eigenvalue weighted by molar-refractivity contribution is -0.368. The molecule has 0 spiro atoms. The smallest absolute Gasteiger partial charge is 0.276 e. The summed E-state index contributed by atoms with van der Waals surface area (Å²) in [4.78, 5) is 0. The maximum Gasteiger partial charge on any atom is 0.276 e. The first-order chi connectivity index (χ1) is 10.3. The van der Waals surface area contributed by atoms with Crippen molar-refractivity contribution in [3.8, 4) is 11.5 Å². The number of benzene rings is 1. The molecule has 0 aliphatic heterocycles. The van der Waals surface area contributed by atoms with Gasteiger partial charge in [0, 0.05) is 18.6 Å². The second-order valence-electron chi connectivity index (χ2n) is 4.40. The summed E-state index contributed by atoms with van der Waals surface area (Å²) in [5, 5.41) is 8.63. The van der Waals surface area contributed by atoms with Crippen LogP contribution in [-0.2, 0) is 12.2 Å². The molecule has 21 heavy (non-hydrogen) atoms. The SMILES string of the molecule is COc1ccc(CSc2nnc(CCC[NH3+])o2)cc1OC. The Morgan fingerprint density at radius 1 is 1.19 bits per heavy atom. The molecule has 0 saturated heterocycles. The highest BCUT2D eigenvalue weighted by Gasteiger charge is 2.09. The predicted molar refractivity (Wildman–Crippen MR) is 79.5 cm³/mol. The van der Waals surface area contributed by atoms with Crippen molar-refractivity contribution in [2.75, 3.05) is 20.8 Å². The molecule has 0 saturated carbocycles. The van der Waals surface area contributed by atoms with Crippen LogP contribution in [0.3, 0.4) is 0 Å². The van der Waals surface area contributed by atoms with Crippen LogP contribution in [-0.4, -0.2) is 31.0 Å². The number of aryl methyl sites for hydroxylation is 1. The first kappa shape index (κ1) is 15.7. The van der Waals surface area contributed by atoms with Gasteiger partial charge in [0.25, 0.3) is 5.22 Å². The van der Waals surface area contributed by atoms with Crippen LogP contribution in [0.15, 0.2) is 27.8 Å². The molecule has 6 nitrogen and oxygen atoms in total. The number of nitrogens with zero attached hydrogens (tertiary/aromatic N) is 2. The van der Waals surface area contributed by atoms with Crippen molar-refractivity contribution in [3.63, 3.8) is 0 Å². The monoisotopic (exact) mass is 310 g/mol. The Hall–Kier alpha value is -1.73. The summed E-state index contributed by atoms with van der Waals surface area (Å²) in [6.07, 6.45) is 1.75. The molecule has 2 rings (SSSR count). The number of hydrogen-bond acceptors (Lipinski definition) is 6. The molecule has 114 valence electrons. The average Bonchev–Trinajstić information content (AvgIpc) is 2.98. The van der Waals surface area contributed by atoms with Gasteiger partial charge in [-0.1, -0.05) is 17.8 Å². The molecule has 1 aromatic heterocycles. The zero-order valence-electron chi connectivity index (χ0n) is 12.3. The van der Waals surface area contributed by atoms with E-state index in [9.17, 15) is 0 Å². The van der Waals surface area contributed by atoms with E-state index in [-0.39, 0.29) is 0 Å². The number of methoxy groups -OCH3 is 2.